The van der Waals surface area contributed by atoms with Crippen LogP contribution in [0.4, 0.5) is 5.82 Å². The van der Waals surface area contributed by atoms with Crippen molar-refractivity contribution >= 4 is 17.6 Å². The van der Waals surface area contributed by atoms with E-state index in [1.807, 2.05) is 11.8 Å². The molecule has 2 aromatic heterocycles. The molecule has 0 spiro atoms. The molecule has 1 aliphatic carbocycles. The molecule has 0 aromatic carbocycles. The van der Waals surface area contributed by atoms with Crippen molar-refractivity contribution < 1.29 is 0 Å². The highest BCUT2D eigenvalue weighted by atomic mass is 32.2. The molecule has 2 aromatic rings. The van der Waals surface area contributed by atoms with Gasteiger partial charge in [0.1, 0.15) is 0 Å². The van der Waals surface area contributed by atoms with E-state index in [9.17, 15) is 4.79 Å². The fourth-order valence-corrected chi connectivity index (χ4v) is 4.95. The Hall–Kier alpha value is -1.89. The van der Waals surface area contributed by atoms with Crippen LogP contribution in [-0.4, -0.2) is 38.3 Å². The predicted molar refractivity (Wildman–Crippen MR) is 103 cm³/mol. The first kappa shape index (κ1) is 16.3. The summed E-state index contributed by atoms with van der Waals surface area (Å²) >= 11 is 1.88. The molecule has 0 N–H and O–H groups in total. The molecular formula is C19H23N5OS. The number of hydrogen-bond donors (Lipinski definition) is 0. The predicted octanol–water partition coefficient (Wildman–Crippen LogP) is 2.37. The van der Waals surface area contributed by atoms with Crippen LogP contribution in [0.1, 0.15) is 48.6 Å². The summed E-state index contributed by atoms with van der Waals surface area (Å²) in [5.41, 5.74) is 3.36. The normalized spacial score (nSPS) is 22.5. The minimum atomic E-state index is 0.0215. The molecular weight excluding hydrogens is 346 g/mol. The highest BCUT2D eigenvalue weighted by Gasteiger charge is 2.29. The summed E-state index contributed by atoms with van der Waals surface area (Å²) in [5, 5.41) is 13.6. The molecule has 2 aliphatic heterocycles. The fourth-order valence-electron chi connectivity index (χ4n) is 4.00. The summed E-state index contributed by atoms with van der Waals surface area (Å²) in [6, 6.07) is 6.27. The van der Waals surface area contributed by atoms with Crippen LogP contribution in [0.3, 0.4) is 0 Å². The zero-order chi connectivity index (χ0) is 17.5. The van der Waals surface area contributed by atoms with Gasteiger partial charge in [-0.2, -0.15) is 22.0 Å². The lowest BCUT2D eigenvalue weighted by molar-refractivity contribution is 0.479. The Balaban J connectivity index is 1.36. The third-order valence-electron chi connectivity index (χ3n) is 5.63. The van der Waals surface area contributed by atoms with E-state index in [-0.39, 0.29) is 11.6 Å². The van der Waals surface area contributed by atoms with Crippen molar-refractivity contribution in [3.05, 3.63) is 45.5 Å². The van der Waals surface area contributed by atoms with Gasteiger partial charge in [-0.05, 0) is 49.1 Å². The van der Waals surface area contributed by atoms with Gasteiger partial charge in [-0.3, -0.25) is 4.79 Å². The van der Waals surface area contributed by atoms with Crippen molar-refractivity contribution in [2.24, 2.45) is 0 Å². The van der Waals surface area contributed by atoms with Crippen molar-refractivity contribution in [2.45, 2.75) is 56.4 Å². The maximum Gasteiger partial charge on any atom is 0.267 e. The molecule has 5 rings (SSSR count). The first-order chi connectivity index (χ1) is 12.8. The second kappa shape index (κ2) is 6.68. The lowest BCUT2D eigenvalue weighted by Crippen LogP contribution is -2.38. The van der Waals surface area contributed by atoms with Crippen molar-refractivity contribution in [1.82, 2.24) is 20.0 Å². The van der Waals surface area contributed by atoms with E-state index in [2.05, 4.69) is 32.3 Å². The molecule has 1 saturated heterocycles. The summed E-state index contributed by atoms with van der Waals surface area (Å²) in [5.74, 6) is 3.56. The third-order valence-corrected chi connectivity index (χ3v) is 6.63. The fraction of sp³-hybridized carbons (Fsp3) is 0.579. The summed E-state index contributed by atoms with van der Waals surface area (Å²) in [6.45, 7) is 1.60. The molecule has 1 unspecified atom stereocenters. The largest absolute Gasteiger partial charge is 0.350 e. The number of thioether (sulfide) groups is 1. The van der Waals surface area contributed by atoms with Gasteiger partial charge in [0, 0.05) is 30.7 Å². The number of aryl methyl sites for hydroxylation is 1. The molecule has 0 bridgehead atoms. The van der Waals surface area contributed by atoms with Crippen LogP contribution in [0, 0.1) is 0 Å². The van der Waals surface area contributed by atoms with E-state index in [1.54, 1.807) is 10.7 Å². The highest BCUT2D eigenvalue weighted by molar-refractivity contribution is 7.98. The lowest BCUT2D eigenvalue weighted by atomic mass is 10.2. The van der Waals surface area contributed by atoms with Gasteiger partial charge in [0.05, 0.1) is 24.0 Å². The second-order valence-electron chi connectivity index (χ2n) is 7.52. The Morgan fingerprint density at radius 2 is 2.12 bits per heavy atom. The zero-order valence-corrected chi connectivity index (χ0v) is 15.6. The first-order valence-electron chi connectivity index (χ1n) is 9.56. The van der Waals surface area contributed by atoms with Crippen LogP contribution < -0.4 is 10.5 Å². The van der Waals surface area contributed by atoms with Crippen molar-refractivity contribution in [3.8, 4) is 0 Å². The number of anilines is 1. The lowest BCUT2D eigenvalue weighted by Gasteiger charge is -2.26. The SMILES string of the molecule is O=c1cc2c(nn1CC1CCCN1c1ccc(C3CC3)nn1)CCSC2. The Bertz CT molecular complexity index is 861. The van der Waals surface area contributed by atoms with E-state index in [1.165, 1.54) is 12.8 Å². The summed E-state index contributed by atoms with van der Waals surface area (Å²) in [4.78, 5) is 14.8. The Morgan fingerprint density at radius 1 is 1.19 bits per heavy atom. The third kappa shape index (κ3) is 3.13. The maximum atomic E-state index is 12.5. The summed E-state index contributed by atoms with van der Waals surface area (Å²) in [7, 11) is 0. The molecule has 26 heavy (non-hydrogen) atoms. The molecule has 6 nitrogen and oxygen atoms in total. The van der Waals surface area contributed by atoms with Gasteiger partial charge in [0.25, 0.3) is 5.56 Å². The van der Waals surface area contributed by atoms with Gasteiger partial charge in [0.2, 0.25) is 0 Å². The monoisotopic (exact) mass is 369 g/mol. The van der Waals surface area contributed by atoms with Crippen LogP contribution in [0.25, 0.3) is 0 Å². The zero-order valence-electron chi connectivity index (χ0n) is 14.8. The number of hydrogen-bond acceptors (Lipinski definition) is 6. The average molecular weight is 369 g/mol. The van der Waals surface area contributed by atoms with Crippen LogP contribution in [0.15, 0.2) is 23.0 Å². The molecule has 1 atom stereocenters. The highest BCUT2D eigenvalue weighted by Crippen LogP contribution is 2.39. The van der Waals surface area contributed by atoms with Crippen LogP contribution in [-0.2, 0) is 18.7 Å². The molecule has 136 valence electrons. The van der Waals surface area contributed by atoms with E-state index >= 15 is 0 Å². The number of fused-ring (bicyclic) bond motifs is 1. The molecule has 3 aliphatic rings. The van der Waals surface area contributed by atoms with Gasteiger partial charge >= 0.3 is 0 Å². The molecule has 4 heterocycles. The topological polar surface area (TPSA) is 63.9 Å². The molecule has 7 heteroatoms. The molecule has 0 amide bonds. The average Bonchev–Trinajstić information content (AvgIpc) is 3.42. The maximum absolute atomic E-state index is 12.5. The van der Waals surface area contributed by atoms with Gasteiger partial charge in [-0.15, -0.1) is 5.10 Å². The van der Waals surface area contributed by atoms with Crippen LogP contribution >= 0.6 is 11.8 Å². The van der Waals surface area contributed by atoms with E-state index in [0.717, 1.165) is 60.1 Å². The molecule has 1 saturated carbocycles. The van der Waals surface area contributed by atoms with Crippen molar-refractivity contribution in [3.63, 3.8) is 0 Å². The summed E-state index contributed by atoms with van der Waals surface area (Å²) in [6.07, 6.45) is 5.63. The van der Waals surface area contributed by atoms with Gasteiger partial charge in [-0.1, -0.05) is 0 Å². The molecule has 0 radical (unpaired) electrons. The quantitative estimate of drug-likeness (QED) is 0.824. The minimum absolute atomic E-state index is 0.0215. The smallest absolute Gasteiger partial charge is 0.267 e. The Morgan fingerprint density at radius 3 is 2.92 bits per heavy atom. The van der Waals surface area contributed by atoms with Gasteiger partial charge in [-0.25, -0.2) is 4.68 Å². The van der Waals surface area contributed by atoms with E-state index in [0.29, 0.717) is 12.5 Å². The first-order valence-corrected chi connectivity index (χ1v) is 10.7. The van der Waals surface area contributed by atoms with Crippen LogP contribution in [0.5, 0.6) is 0 Å². The van der Waals surface area contributed by atoms with E-state index < -0.39 is 0 Å². The molecule has 2 fully saturated rings. The van der Waals surface area contributed by atoms with Crippen molar-refractivity contribution in [1.29, 1.82) is 0 Å². The Kier molecular flexibility index (Phi) is 4.19. The second-order valence-corrected chi connectivity index (χ2v) is 8.62. The van der Waals surface area contributed by atoms with Crippen molar-refractivity contribution in [2.75, 3.05) is 17.2 Å². The number of rotatable bonds is 4. The van der Waals surface area contributed by atoms with Gasteiger partial charge in [0.15, 0.2) is 5.82 Å². The number of nitrogens with zero attached hydrogens (tertiary/aromatic N) is 5. The van der Waals surface area contributed by atoms with Gasteiger partial charge < -0.3 is 4.90 Å². The number of aromatic nitrogens is 4. The minimum Gasteiger partial charge on any atom is -0.350 e. The summed E-state index contributed by atoms with van der Waals surface area (Å²) < 4.78 is 1.67. The standard InChI is InChI=1S/C19H23N5OS/c25-19-10-14-12-26-9-7-17(14)22-24(19)11-15-2-1-8-23(15)18-6-5-16(20-21-18)13-3-4-13/h5-6,10,13,15H,1-4,7-9,11-12H2. The van der Waals surface area contributed by atoms with E-state index in [4.69, 9.17) is 0 Å². The van der Waals surface area contributed by atoms with Crippen LogP contribution in [0.2, 0.25) is 0 Å². The Labute approximate surface area is 157 Å².